The molecule has 0 fully saturated rings. The topological polar surface area (TPSA) is 49.2 Å². The van der Waals surface area contributed by atoms with Crippen LogP contribution >= 0.6 is 23.4 Å². The Labute approximate surface area is 162 Å². The number of benzene rings is 2. The van der Waals surface area contributed by atoms with E-state index < -0.39 is 0 Å². The minimum absolute atomic E-state index is 0.239. The van der Waals surface area contributed by atoms with Crippen LogP contribution < -0.4 is 9.47 Å². The summed E-state index contributed by atoms with van der Waals surface area (Å²) in [7, 11) is 3.61. The predicted molar refractivity (Wildman–Crippen MR) is 104 cm³/mol. The zero-order valence-corrected chi connectivity index (χ0v) is 16.4. The van der Waals surface area contributed by atoms with Gasteiger partial charge in [0.25, 0.3) is 0 Å². The second-order valence-corrected chi connectivity index (χ2v) is 7.14. The van der Waals surface area contributed by atoms with Crippen LogP contribution in [0.3, 0.4) is 0 Å². The SMILES string of the molecule is COc1cccc(CSc2nnc(C(C)Oc3cccc(Cl)c3)n2C)c1. The van der Waals surface area contributed by atoms with Gasteiger partial charge in [-0.3, -0.25) is 0 Å². The number of methoxy groups -OCH3 is 1. The van der Waals surface area contributed by atoms with Crippen LogP contribution in [-0.4, -0.2) is 21.9 Å². The van der Waals surface area contributed by atoms with Crippen molar-refractivity contribution in [1.82, 2.24) is 14.8 Å². The standard InChI is InChI=1S/C19H20ClN3O2S/c1-13(25-17-9-5-7-15(20)11-17)18-21-22-19(23(18)2)26-12-14-6-4-8-16(10-14)24-3/h4-11,13H,12H2,1-3H3. The first-order chi connectivity index (χ1) is 12.6. The van der Waals surface area contributed by atoms with Crippen molar-refractivity contribution >= 4 is 23.4 Å². The molecule has 0 aliphatic heterocycles. The number of nitrogens with zero attached hydrogens (tertiary/aromatic N) is 3. The largest absolute Gasteiger partial charge is 0.497 e. The molecule has 0 saturated carbocycles. The molecular formula is C19H20ClN3O2S. The molecule has 26 heavy (non-hydrogen) atoms. The second-order valence-electron chi connectivity index (χ2n) is 5.76. The van der Waals surface area contributed by atoms with Gasteiger partial charge in [-0.2, -0.15) is 0 Å². The number of hydrogen-bond donors (Lipinski definition) is 0. The maximum Gasteiger partial charge on any atom is 0.191 e. The van der Waals surface area contributed by atoms with Crippen LogP contribution in [0.4, 0.5) is 0 Å². The molecule has 7 heteroatoms. The fourth-order valence-electron chi connectivity index (χ4n) is 2.51. The molecule has 1 atom stereocenters. The summed E-state index contributed by atoms with van der Waals surface area (Å²) in [6.07, 6.45) is -0.239. The van der Waals surface area contributed by atoms with Gasteiger partial charge in [0, 0.05) is 17.8 Å². The summed E-state index contributed by atoms with van der Waals surface area (Å²) in [5, 5.41) is 10.1. The Bertz CT molecular complexity index is 885. The Hall–Kier alpha value is -2.18. The van der Waals surface area contributed by atoms with E-state index in [9.17, 15) is 0 Å². The first-order valence-corrected chi connectivity index (χ1v) is 9.50. The van der Waals surface area contributed by atoms with E-state index in [0.29, 0.717) is 10.8 Å². The lowest BCUT2D eigenvalue weighted by Crippen LogP contribution is -2.10. The third-order valence-electron chi connectivity index (χ3n) is 3.84. The van der Waals surface area contributed by atoms with Crippen LogP contribution in [-0.2, 0) is 12.8 Å². The van der Waals surface area contributed by atoms with Gasteiger partial charge in [0.1, 0.15) is 11.5 Å². The first-order valence-electron chi connectivity index (χ1n) is 8.14. The summed E-state index contributed by atoms with van der Waals surface area (Å²) < 4.78 is 13.2. The Morgan fingerprint density at radius 1 is 1.12 bits per heavy atom. The predicted octanol–water partition coefficient (Wildman–Crippen LogP) is 4.91. The van der Waals surface area contributed by atoms with Crippen molar-refractivity contribution in [3.8, 4) is 11.5 Å². The molecule has 1 aromatic heterocycles. The molecular weight excluding hydrogens is 370 g/mol. The molecule has 1 heterocycles. The van der Waals surface area contributed by atoms with E-state index >= 15 is 0 Å². The Morgan fingerprint density at radius 2 is 1.88 bits per heavy atom. The first kappa shape index (κ1) is 18.6. The van der Waals surface area contributed by atoms with E-state index in [1.54, 1.807) is 24.9 Å². The van der Waals surface area contributed by atoms with Crippen molar-refractivity contribution in [2.45, 2.75) is 23.9 Å². The Kier molecular flexibility index (Phi) is 6.06. The maximum atomic E-state index is 6.01. The summed E-state index contributed by atoms with van der Waals surface area (Å²) in [5.41, 5.74) is 1.17. The Morgan fingerprint density at radius 3 is 2.65 bits per heavy atom. The van der Waals surface area contributed by atoms with Crippen LogP contribution in [0.1, 0.15) is 24.4 Å². The maximum absolute atomic E-state index is 6.01. The summed E-state index contributed by atoms with van der Waals surface area (Å²) >= 11 is 7.63. The molecule has 2 aromatic carbocycles. The average molecular weight is 390 g/mol. The van der Waals surface area contributed by atoms with Gasteiger partial charge in [-0.05, 0) is 42.8 Å². The van der Waals surface area contributed by atoms with Gasteiger partial charge < -0.3 is 14.0 Å². The normalized spacial score (nSPS) is 12.0. The molecule has 5 nitrogen and oxygen atoms in total. The van der Waals surface area contributed by atoms with Crippen molar-refractivity contribution in [3.05, 3.63) is 64.9 Å². The van der Waals surface area contributed by atoms with E-state index in [2.05, 4.69) is 16.3 Å². The van der Waals surface area contributed by atoms with Crippen LogP contribution in [0.5, 0.6) is 11.5 Å². The molecule has 0 spiro atoms. The number of ether oxygens (including phenoxy) is 2. The molecule has 0 bridgehead atoms. The number of rotatable bonds is 7. The molecule has 0 aliphatic carbocycles. The molecule has 136 valence electrons. The number of hydrogen-bond acceptors (Lipinski definition) is 5. The highest BCUT2D eigenvalue weighted by molar-refractivity contribution is 7.98. The molecule has 3 rings (SSSR count). The summed E-state index contributed by atoms with van der Waals surface area (Å²) in [5.74, 6) is 3.11. The summed E-state index contributed by atoms with van der Waals surface area (Å²) in [6, 6.07) is 15.3. The second kappa shape index (κ2) is 8.47. The lowest BCUT2D eigenvalue weighted by atomic mass is 10.2. The third-order valence-corrected chi connectivity index (χ3v) is 5.17. The molecule has 0 aliphatic rings. The molecule has 0 N–H and O–H groups in total. The fraction of sp³-hybridized carbons (Fsp3) is 0.263. The molecule has 0 amide bonds. The van der Waals surface area contributed by atoms with E-state index in [1.807, 2.05) is 54.9 Å². The third kappa shape index (κ3) is 4.51. The number of halogens is 1. The van der Waals surface area contributed by atoms with Crippen molar-refractivity contribution in [2.75, 3.05) is 7.11 Å². The fourth-order valence-corrected chi connectivity index (χ4v) is 3.55. The zero-order chi connectivity index (χ0) is 18.5. The minimum Gasteiger partial charge on any atom is -0.497 e. The molecule has 0 saturated heterocycles. The summed E-state index contributed by atoms with van der Waals surface area (Å²) in [6.45, 7) is 1.95. The molecule has 0 radical (unpaired) electrons. The lowest BCUT2D eigenvalue weighted by Gasteiger charge is -2.14. The zero-order valence-electron chi connectivity index (χ0n) is 14.8. The molecule has 3 aromatic rings. The van der Waals surface area contributed by atoms with Crippen molar-refractivity contribution in [2.24, 2.45) is 7.05 Å². The van der Waals surface area contributed by atoms with Crippen molar-refractivity contribution in [1.29, 1.82) is 0 Å². The number of aromatic nitrogens is 3. The van der Waals surface area contributed by atoms with E-state index in [4.69, 9.17) is 21.1 Å². The van der Waals surface area contributed by atoms with Gasteiger partial charge in [-0.15, -0.1) is 10.2 Å². The van der Waals surface area contributed by atoms with Gasteiger partial charge in [0.05, 0.1) is 7.11 Å². The van der Waals surface area contributed by atoms with Gasteiger partial charge in [-0.1, -0.05) is 41.6 Å². The van der Waals surface area contributed by atoms with Crippen molar-refractivity contribution in [3.63, 3.8) is 0 Å². The summed E-state index contributed by atoms with van der Waals surface area (Å²) in [4.78, 5) is 0. The Balaban J connectivity index is 1.67. The van der Waals surface area contributed by atoms with E-state index in [1.165, 1.54) is 5.56 Å². The quantitative estimate of drug-likeness (QED) is 0.537. The van der Waals surface area contributed by atoms with Crippen LogP contribution in [0, 0.1) is 0 Å². The average Bonchev–Trinajstić information content (AvgIpc) is 3.01. The highest BCUT2D eigenvalue weighted by atomic mass is 35.5. The van der Waals surface area contributed by atoms with Gasteiger partial charge in [0.2, 0.25) is 0 Å². The van der Waals surface area contributed by atoms with Crippen LogP contribution in [0.2, 0.25) is 5.02 Å². The van der Waals surface area contributed by atoms with Gasteiger partial charge >= 0.3 is 0 Å². The van der Waals surface area contributed by atoms with E-state index in [-0.39, 0.29) is 6.10 Å². The van der Waals surface area contributed by atoms with Crippen LogP contribution in [0.25, 0.3) is 0 Å². The monoisotopic (exact) mass is 389 g/mol. The van der Waals surface area contributed by atoms with Gasteiger partial charge in [0.15, 0.2) is 17.1 Å². The smallest absolute Gasteiger partial charge is 0.191 e. The highest BCUT2D eigenvalue weighted by Crippen LogP contribution is 2.27. The van der Waals surface area contributed by atoms with Crippen LogP contribution in [0.15, 0.2) is 53.7 Å². The van der Waals surface area contributed by atoms with Gasteiger partial charge in [-0.25, -0.2) is 0 Å². The molecule has 1 unspecified atom stereocenters. The highest BCUT2D eigenvalue weighted by Gasteiger charge is 2.17. The number of thioether (sulfide) groups is 1. The van der Waals surface area contributed by atoms with E-state index in [0.717, 1.165) is 22.5 Å². The minimum atomic E-state index is -0.239. The lowest BCUT2D eigenvalue weighted by molar-refractivity contribution is 0.211. The van der Waals surface area contributed by atoms with Crippen molar-refractivity contribution < 1.29 is 9.47 Å².